The van der Waals surface area contributed by atoms with Crippen LogP contribution in [0.1, 0.15) is 30.1 Å². The Hall–Kier alpha value is -2.53. The first-order valence-corrected chi connectivity index (χ1v) is 8.64. The van der Waals surface area contributed by atoms with Crippen LogP contribution in [0.4, 0.5) is 5.69 Å². The number of hydrogen-bond donors (Lipinski definition) is 1. The second-order valence-electron chi connectivity index (χ2n) is 5.85. The molecule has 1 aliphatic rings. The van der Waals surface area contributed by atoms with Gasteiger partial charge in [0.2, 0.25) is 0 Å². The highest BCUT2D eigenvalue weighted by atomic mass is 16.5. The number of ether oxygens (including phenoxy) is 3. The molecule has 0 saturated carbocycles. The van der Waals surface area contributed by atoms with E-state index in [9.17, 15) is 4.79 Å². The molecule has 2 aromatic rings. The Morgan fingerprint density at radius 1 is 1.16 bits per heavy atom. The average Bonchev–Trinajstić information content (AvgIpc) is 3.16. The molecule has 1 atom stereocenters. The number of nitrogens with one attached hydrogen (secondary N) is 1. The van der Waals surface area contributed by atoms with E-state index in [4.69, 9.17) is 14.2 Å². The number of carbonyl (C=O) groups excluding carboxylic acids is 1. The van der Waals surface area contributed by atoms with E-state index in [1.807, 2.05) is 49.4 Å². The second-order valence-corrected chi connectivity index (χ2v) is 5.85. The largest absolute Gasteiger partial charge is 0.494 e. The van der Waals surface area contributed by atoms with Gasteiger partial charge in [-0.05, 0) is 56.2 Å². The van der Waals surface area contributed by atoms with Gasteiger partial charge < -0.3 is 19.5 Å². The summed E-state index contributed by atoms with van der Waals surface area (Å²) in [7, 11) is 0. The van der Waals surface area contributed by atoms with Gasteiger partial charge in [0.05, 0.1) is 18.3 Å². The number of para-hydroxylation sites is 1. The van der Waals surface area contributed by atoms with Crippen molar-refractivity contribution in [2.75, 3.05) is 25.1 Å². The molecule has 3 rings (SSSR count). The summed E-state index contributed by atoms with van der Waals surface area (Å²) in [5, 5.41) is 2.89. The van der Waals surface area contributed by atoms with E-state index in [0.29, 0.717) is 30.2 Å². The summed E-state index contributed by atoms with van der Waals surface area (Å²) in [6, 6.07) is 14.6. The third-order valence-corrected chi connectivity index (χ3v) is 4.00. The highest BCUT2D eigenvalue weighted by molar-refractivity contribution is 6.06. The highest BCUT2D eigenvalue weighted by Gasteiger charge is 2.18. The van der Waals surface area contributed by atoms with Crippen molar-refractivity contribution >= 4 is 11.6 Å². The van der Waals surface area contributed by atoms with Crippen LogP contribution < -0.4 is 14.8 Å². The van der Waals surface area contributed by atoms with E-state index in [1.54, 1.807) is 6.07 Å². The molecule has 1 aliphatic heterocycles. The summed E-state index contributed by atoms with van der Waals surface area (Å²) < 4.78 is 16.8. The Balaban J connectivity index is 1.64. The van der Waals surface area contributed by atoms with E-state index in [-0.39, 0.29) is 12.0 Å². The van der Waals surface area contributed by atoms with E-state index >= 15 is 0 Å². The van der Waals surface area contributed by atoms with Crippen molar-refractivity contribution in [3.63, 3.8) is 0 Å². The van der Waals surface area contributed by atoms with E-state index in [2.05, 4.69) is 5.32 Å². The van der Waals surface area contributed by atoms with Crippen molar-refractivity contribution in [3.05, 3.63) is 54.1 Å². The smallest absolute Gasteiger partial charge is 0.259 e. The molecule has 0 aromatic heterocycles. The average molecular weight is 341 g/mol. The highest BCUT2D eigenvalue weighted by Crippen LogP contribution is 2.22. The topological polar surface area (TPSA) is 56.8 Å². The predicted molar refractivity (Wildman–Crippen MR) is 96.5 cm³/mol. The van der Waals surface area contributed by atoms with Crippen molar-refractivity contribution in [1.82, 2.24) is 0 Å². The van der Waals surface area contributed by atoms with Gasteiger partial charge in [0, 0.05) is 12.3 Å². The molecule has 25 heavy (non-hydrogen) atoms. The first kappa shape index (κ1) is 17.3. The molecule has 2 aromatic carbocycles. The molecule has 0 spiro atoms. The summed E-state index contributed by atoms with van der Waals surface area (Å²) in [5.41, 5.74) is 1.22. The zero-order valence-electron chi connectivity index (χ0n) is 14.4. The molecular weight excluding hydrogens is 318 g/mol. The van der Waals surface area contributed by atoms with Gasteiger partial charge in [0.25, 0.3) is 5.91 Å². The lowest BCUT2D eigenvalue weighted by Gasteiger charge is -2.14. The molecule has 5 nitrogen and oxygen atoms in total. The van der Waals surface area contributed by atoms with Crippen LogP contribution in [0.25, 0.3) is 0 Å². The van der Waals surface area contributed by atoms with Crippen molar-refractivity contribution in [2.24, 2.45) is 0 Å². The maximum absolute atomic E-state index is 12.6. The fourth-order valence-corrected chi connectivity index (χ4v) is 2.74. The lowest BCUT2D eigenvalue weighted by atomic mass is 10.1. The van der Waals surface area contributed by atoms with Gasteiger partial charge in [-0.3, -0.25) is 4.79 Å². The number of rotatable bonds is 7. The van der Waals surface area contributed by atoms with Gasteiger partial charge in [-0.1, -0.05) is 12.1 Å². The lowest BCUT2D eigenvalue weighted by Crippen LogP contribution is -2.19. The molecule has 0 bridgehead atoms. The Morgan fingerprint density at radius 3 is 2.68 bits per heavy atom. The van der Waals surface area contributed by atoms with Crippen LogP contribution in [0.5, 0.6) is 11.5 Å². The minimum absolute atomic E-state index is 0.113. The van der Waals surface area contributed by atoms with E-state index in [0.717, 1.165) is 25.2 Å². The molecular formula is C20H23NO4. The first-order chi connectivity index (χ1) is 12.3. The standard InChI is InChI=1S/C20H23NO4/c1-2-23-16-11-9-15(10-12-16)21-20(22)18-7-3-4-8-19(18)25-14-17-6-5-13-24-17/h3-4,7-12,17H,2,5-6,13-14H2,1H3,(H,21,22). The van der Waals surface area contributed by atoms with E-state index in [1.165, 1.54) is 0 Å². The number of amides is 1. The van der Waals surface area contributed by atoms with Crippen molar-refractivity contribution in [2.45, 2.75) is 25.9 Å². The van der Waals surface area contributed by atoms with Gasteiger partial charge in [0.1, 0.15) is 18.1 Å². The molecule has 1 amide bonds. The molecule has 0 aliphatic carbocycles. The molecule has 5 heteroatoms. The Bertz CT molecular complexity index is 693. The van der Waals surface area contributed by atoms with Crippen LogP contribution >= 0.6 is 0 Å². The molecule has 0 radical (unpaired) electrons. The maximum Gasteiger partial charge on any atom is 0.259 e. The fraction of sp³-hybridized carbons (Fsp3) is 0.350. The molecule has 1 N–H and O–H groups in total. The Labute approximate surface area is 147 Å². The van der Waals surface area contributed by atoms with Crippen LogP contribution in [0.2, 0.25) is 0 Å². The summed E-state index contributed by atoms with van der Waals surface area (Å²) in [6.45, 7) is 3.80. The van der Waals surface area contributed by atoms with Gasteiger partial charge >= 0.3 is 0 Å². The lowest BCUT2D eigenvalue weighted by molar-refractivity contribution is 0.0673. The number of benzene rings is 2. The van der Waals surface area contributed by atoms with Crippen molar-refractivity contribution in [1.29, 1.82) is 0 Å². The van der Waals surface area contributed by atoms with Gasteiger partial charge in [0.15, 0.2) is 0 Å². The molecule has 1 fully saturated rings. The van der Waals surface area contributed by atoms with E-state index < -0.39 is 0 Å². The SMILES string of the molecule is CCOc1ccc(NC(=O)c2ccccc2OCC2CCCO2)cc1. The van der Waals surface area contributed by atoms with Crippen LogP contribution in [0, 0.1) is 0 Å². The maximum atomic E-state index is 12.6. The van der Waals surface area contributed by atoms with Crippen molar-refractivity contribution < 1.29 is 19.0 Å². The van der Waals surface area contributed by atoms with Gasteiger partial charge in [-0.25, -0.2) is 0 Å². The van der Waals surface area contributed by atoms with Gasteiger partial charge in [-0.15, -0.1) is 0 Å². The monoisotopic (exact) mass is 341 g/mol. The van der Waals surface area contributed by atoms with Crippen LogP contribution in [-0.2, 0) is 4.74 Å². The third kappa shape index (κ3) is 4.73. The molecule has 1 heterocycles. The molecule has 1 unspecified atom stereocenters. The first-order valence-electron chi connectivity index (χ1n) is 8.64. The van der Waals surface area contributed by atoms with Crippen LogP contribution in [0.3, 0.4) is 0 Å². The summed E-state index contributed by atoms with van der Waals surface area (Å²) in [6.07, 6.45) is 2.18. The number of anilines is 1. The summed E-state index contributed by atoms with van der Waals surface area (Å²) >= 11 is 0. The summed E-state index contributed by atoms with van der Waals surface area (Å²) in [5.74, 6) is 1.15. The van der Waals surface area contributed by atoms with Crippen LogP contribution in [-0.4, -0.2) is 31.8 Å². The van der Waals surface area contributed by atoms with Gasteiger partial charge in [-0.2, -0.15) is 0 Å². The number of carbonyl (C=O) groups is 1. The molecule has 1 saturated heterocycles. The quantitative estimate of drug-likeness (QED) is 0.830. The van der Waals surface area contributed by atoms with Crippen molar-refractivity contribution in [3.8, 4) is 11.5 Å². The molecule has 132 valence electrons. The normalized spacial score (nSPS) is 16.4. The zero-order chi connectivity index (χ0) is 17.5. The second kappa shape index (κ2) is 8.53. The zero-order valence-corrected chi connectivity index (χ0v) is 14.4. The number of hydrogen-bond acceptors (Lipinski definition) is 4. The minimum atomic E-state index is -0.202. The predicted octanol–water partition coefficient (Wildman–Crippen LogP) is 3.90. The van der Waals surface area contributed by atoms with Crippen LogP contribution in [0.15, 0.2) is 48.5 Å². The fourth-order valence-electron chi connectivity index (χ4n) is 2.74. The Morgan fingerprint density at radius 2 is 1.96 bits per heavy atom. The summed E-state index contributed by atoms with van der Waals surface area (Å²) in [4.78, 5) is 12.6. The Kier molecular flexibility index (Phi) is 5.90. The third-order valence-electron chi connectivity index (χ3n) is 4.00. The minimum Gasteiger partial charge on any atom is -0.494 e.